The van der Waals surface area contributed by atoms with Crippen LogP contribution in [0.4, 0.5) is 5.69 Å². The second-order valence-electron chi connectivity index (χ2n) is 4.60. The largest absolute Gasteiger partial charge is 0.354 e. The highest BCUT2D eigenvalue weighted by Crippen LogP contribution is 2.33. The second kappa shape index (κ2) is 3.51. The topological polar surface area (TPSA) is 23.6 Å². The number of nitrogens with zero attached hydrogens (tertiary/aromatic N) is 2. The van der Waals surface area contributed by atoms with Gasteiger partial charge in [-0.1, -0.05) is 12.1 Å². The fourth-order valence-corrected chi connectivity index (χ4v) is 2.83. The summed E-state index contributed by atoms with van der Waals surface area (Å²) in [4.78, 5) is 16.6. The van der Waals surface area contributed by atoms with Gasteiger partial charge in [0.1, 0.15) is 6.17 Å². The van der Waals surface area contributed by atoms with Gasteiger partial charge >= 0.3 is 0 Å². The Morgan fingerprint density at radius 2 is 2.06 bits per heavy atom. The van der Waals surface area contributed by atoms with Gasteiger partial charge in [0.2, 0.25) is 0 Å². The molecule has 0 spiro atoms. The highest BCUT2D eigenvalue weighted by Gasteiger charge is 2.36. The van der Waals surface area contributed by atoms with Crippen LogP contribution in [0.5, 0.6) is 0 Å². The van der Waals surface area contributed by atoms with Crippen molar-refractivity contribution in [3.8, 4) is 0 Å². The van der Waals surface area contributed by atoms with E-state index in [-0.39, 0.29) is 12.1 Å². The van der Waals surface area contributed by atoms with Gasteiger partial charge in [0.25, 0.3) is 5.91 Å². The lowest BCUT2D eigenvalue weighted by molar-refractivity contribution is 0.0589. The zero-order chi connectivity index (χ0) is 11.1. The number of anilines is 1. The Hall–Kier alpha value is -1.51. The Morgan fingerprint density at radius 3 is 2.94 bits per heavy atom. The van der Waals surface area contributed by atoms with Crippen LogP contribution >= 0.6 is 0 Å². The highest BCUT2D eigenvalue weighted by molar-refractivity contribution is 6.01. The van der Waals surface area contributed by atoms with Gasteiger partial charge in [0.05, 0.1) is 11.3 Å². The molecule has 1 saturated heterocycles. The molecule has 1 fully saturated rings. The highest BCUT2D eigenvalue weighted by atomic mass is 16.2. The Bertz CT molecular complexity index is 430. The molecule has 1 aromatic rings. The van der Waals surface area contributed by atoms with Gasteiger partial charge in [-0.25, -0.2) is 0 Å². The zero-order valence-corrected chi connectivity index (χ0v) is 9.52. The summed E-state index contributed by atoms with van der Waals surface area (Å²) in [6.07, 6.45) is 3.73. The zero-order valence-electron chi connectivity index (χ0n) is 9.52. The van der Waals surface area contributed by atoms with Crippen LogP contribution < -0.4 is 4.90 Å². The number of piperidine rings is 1. The summed E-state index contributed by atoms with van der Waals surface area (Å²) < 4.78 is 0. The van der Waals surface area contributed by atoms with Crippen LogP contribution in [0.3, 0.4) is 0 Å². The molecule has 1 unspecified atom stereocenters. The van der Waals surface area contributed by atoms with Crippen molar-refractivity contribution in [2.24, 2.45) is 0 Å². The number of amides is 1. The summed E-state index contributed by atoms with van der Waals surface area (Å²) in [5, 5.41) is 0. The predicted molar refractivity (Wildman–Crippen MR) is 63.5 cm³/mol. The van der Waals surface area contributed by atoms with Crippen molar-refractivity contribution >= 4 is 11.6 Å². The molecule has 2 aliphatic rings. The number of carbonyl (C=O) groups is 1. The van der Waals surface area contributed by atoms with Crippen molar-refractivity contribution in [3.05, 3.63) is 29.8 Å². The molecule has 0 N–H and O–H groups in total. The van der Waals surface area contributed by atoms with Gasteiger partial charge in [0, 0.05) is 13.6 Å². The van der Waals surface area contributed by atoms with E-state index in [0.29, 0.717) is 0 Å². The Balaban J connectivity index is 2.09. The molecule has 0 aromatic heterocycles. The number of para-hydroxylation sites is 1. The lowest BCUT2D eigenvalue weighted by Crippen LogP contribution is -2.55. The van der Waals surface area contributed by atoms with Crippen molar-refractivity contribution in [2.75, 3.05) is 18.5 Å². The predicted octanol–water partition coefficient (Wildman–Crippen LogP) is 2.09. The molecule has 2 heterocycles. The summed E-state index contributed by atoms with van der Waals surface area (Å²) in [7, 11) is 2.09. The van der Waals surface area contributed by atoms with Crippen LogP contribution in [0.25, 0.3) is 0 Å². The van der Waals surface area contributed by atoms with Crippen LogP contribution in [-0.2, 0) is 0 Å². The van der Waals surface area contributed by atoms with Crippen molar-refractivity contribution in [2.45, 2.75) is 25.4 Å². The molecule has 84 valence electrons. The first-order valence-corrected chi connectivity index (χ1v) is 5.92. The molecular formula is C13H16N2O. The van der Waals surface area contributed by atoms with Crippen molar-refractivity contribution in [3.63, 3.8) is 0 Å². The Morgan fingerprint density at radius 1 is 1.25 bits per heavy atom. The van der Waals surface area contributed by atoms with E-state index in [1.165, 1.54) is 6.42 Å². The van der Waals surface area contributed by atoms with E-state index in [4.69, 9.17) is 0 Å². The standard InChI is InChI=1S/C13H16N2O/c1-14-11-7-3-2-6-10(11)13(16)15-9-5-4-8-12(14)15/h2-3,6-7,12H,4-5,8-9H2,1H3. The number of carbonyl (C=O) groups excluding carboxylic acids is 1. The van der Waals surface area contributed by atoms with Crippen LogP contribution in [-0.4, -0.2) is 30.6 Å². The molecule has 3 nitrogen and oxygen atoms in total. The van der Waals surface area contributed by atoms with Gasteiger partial charge < -0.3 is 9.80 Å². The third-order valence-corrected chi connectivity index (χ3v) is 3.69. The van der Waals surface area contributed by atoms with Crippen LogP contribution in [0.15, 0.2) is 24.3 Å². The Labute approximate surface area is 95.7 Å². The average Bonchev–Trinajstić information content (AvgIpc) is 2.36. The van der Waals surface area contributed by atoms with E-state index in [1.807, 2.05) is 29.2 Å². The van der Waals surface area contributed by atoms with E-state index < -0.39 is 0 Å². The lowest BCUT2D eigenvalue weighted by atomic mass is 9.99. The molecule has 0 saturated carbocycles. The summed E-state index contributed by atoms with van der Waals surface area (Å²) in [6.45, 7) is 0.905. The lowest BCUT2D eigenvalue weighted by Gasteiger charge is -2.46. The third-order valence-electron chi connectivity index (χ3n) is 3.69. The third kappa shape index (κ3) is 1.24. The summed E-state index contributed by atoms with van der Waals surface area (Å²) in [5.74, 6) is 0.207. The maximum Gasteiger partial charge on any atom is 0.257 e. The normalized spacial score (nSPS) is 24.1. The number of hydrogen-bond donors (Lipinski definition) is 0. The maximum atomic E-state index is 12.3. The molecule has 2 aliphatic heterocycles. The fourth-order valence-electron chi connectivity index (χ4n) is 2.83. The molecule has 0 bridgehead atoms. The van der Waals surface area contributed by atoms with E-state index >= 15 is 0 Å². The van der Waals surface area contributed by atoms with E-state index in [9.17, 15) is 4.79 Å². The molecule has 3 heteroatoms. The van der Waals surface area contributed by atoms with Crippen LogP contribution in [0.1, 0.15) is 29.6 Å². The molecular weight excluding hydrogens is 200 g/mol. The van der Waals surface area contributed by atoms with E-state index in [1.54, 1.807) is 0 Å². The first-order valence-electron chi connectivity index (χ1n) is 5.92. The quantitative estimate of drug-likeness (QED) is 0.663. The second-order valence-corrected chi connectivity index (χ2v) is 4.60. The number of fused-ring (bicyclic) bond motifs is 2. The summed E-state index contributed by atoms with van der Waals surface area (Å²) in [5.41, 5.74) is 1.93. The van der Waals surface area contributed by atoms with Crippen molar-refractivity contribution in [1.82, 2.24) is 4.90 Å². The number of benzene rings is 1. The number of rotatable bonds is 0. The van der Waals surface area contributed by atoms with E-state index in [2.05, 4.69) is 11.9 Å². The molecule has 1 atom stereocenters. The monoisotopic (exact) mass is 216 g/mol. The molecule has 3 rings (SSSR count). The smallest absolute Gasteiger partial charge is 0.257 e. The van der Waals surface area contributed by atoms with Gasteiger partial charge in [-0.2, -0.15) is 0 Å². The molecule has 1 amide bonds. The molecule has 1 aromatic carbocycles. The van der Waals surface area contributed by atoms with Crippen molar-refractivity contribution in [1.29, 1.82) is 0 Å². The Kier molecular flexibility index (Phi) is 2.13. The molecule has 0 radical (unpaired) electrons. The summed E-state index contributed by atoms with van der Waals surface area (Å²) in [6, 6.07) is 7.91. The SMILES string of the molecule is CN1c2ccccc2C(=O)N2CCCCC21. The number of hydrogen-bond acceptors (Lipinski definition) is 2. The fraction of sp³-hybridized carbons (Fsp3) is 0.462. The van der Waals surface area contributed by atoms with E-state index in [0.717, 1.165) is 30.6 Å². The van der Waals surface area contributed by atoms with Gasteiger partial charge in [0.15, 0.2) is 0 Å². The van der Waals surface area contributed by atoms with Crippen molar-refractivity contribution < 1.29 is 4.79 Å². The maximum absolute atomic E-state index is 12.3. The van der Waals surface area contributed by atoms with Crippen LogP contribution in [0, 0.1) is 0 Å². The molecule has 16 heavy (non-hydrogen) atoms. The first kappa shape index (κ1) is 9.70. The van der Waals surface area contributed by atoms with Gasteiger partial charge in [-0.3, -0.25) is 4.79 Å². The van der Waals surface area contributed by atoms with Crippen LogP contribution in [0.2, 0.25) is 0 Å². The summed E-state index contributed by atoms with van der Waals surface area (Å²) >= 11 is 0. The minimum absolute atomic E-state index is 0.207. The minimum Gasteiger partial charge on any atom is -0.354 e. The minimum atomic E-state index is 0.207. The molecule has 0 aliphatic carbocycles. The van der Waals surface area contributed by atoms with Gasteiger partial charge in [-0.15, -0.1) is 0 Å². The average molecular weight is 216 g/mol. The van der Waals surface area contributed by atoms with Gasteiger partial charge in [-0.05, 0) is 31.4 Å². The first-order chi connectivity index (χ1) is 7.79.